The molecule has 0 aliphatic carbocycles. The van der Waals surface area contributed by atoms with Gasteiger partial charge in [-0.3, -0.25) is 4.79 Å². The number of aromatic hydroxyl groups is 1. The quantitative estimate of drug-likeness (QED) is 0.905. The number of carbonyl (C=O) groups excluding carboxylic acids is 1. The number of phenols is 1. The summed E-state index contributed by atoms with van der Waals surface area (Å²) in [5, 5.41) is 18.2. The van der Waals surface area contributed by atoms with Gasteiger partial charge in [-0.2, -0.15) is 5.26 Å². The molecule has 1 heterocycles. The number of nitrogens with two attached hydrogens (primary N) is 1. The molecule has 100 valence electrons. The van der Waals surface area contributed by atoms with Gasteiger partial charge in [0.15, 0.2) is 0 Å². The van der Waals surface area contributed by atoms with Gasteiger partial charge in [0.25, 0.3) is 0 Å². The number of amides is 1. The highest BCUT2D eigenvalue weighted by Gasteiger charge is 2.09. The lowest BCUT2D eigenvalue weighted by Gasteiger charge is -1.97. The Morgan fingerprint density at radius 2 is 2.20 bits per heavy atom. The Morgan fingerprint density at radius 3 is 2.85 bits per heavy atom. The number of primary amides is 1. The maximum atomic E-state index is 10.9. The lowest BCUT2D eigenvalue weighted by Crippen LogP contribution is -2.19. The highest BCUT2D eigenvalue weighted by Crippen LogP contribution is 2.30. The fourth-order valence-electron chi connectivity index (χ4n) is 1.65. The van der Waals surface area contributed by atoms with E-state index < -0.39 is 11.8 Å². The average Bonchev–Trinajstić information content (AvgIpc) is 2.88. The van der Waals surface area contributed by atoms with Gasteiger partial charge in [0.05, 0.1) is 6.07 Å². The second-order valence-electron chi connectivity index (χ2n) is 4.12. The Hall–Kier alpha value is -2.58. The van der Waals surface area contributed by atoms with E-state index in [4.69, 9.17) is 11.0 Å². The third-order valence-electron chi connectivity index (χ3n) is 2.66. The highest BCUT2D eigenvalue weighted by molar-refractivity contribution is 7.16. The summed E-state index contributed by atoms with van der Waals surface area (Å²) in [5.41, 5.74) is 6.01. The van der Waals surface area contributed by atoms with Crippen molar-refractivity contribution in [1.29, 1.82) is 5.26 Å². The molecule has 0 aliphatic rings. The van der Waals surface area contributed by atoms with Gasteiger partial charge in [-0.1, -0.05) is 18.2 Å². The molecule has 1 aromatic heterocycles. The van der Waals surface area contributed by atoms with Crippen molar-refractivity contribution >= 4 is 23.3 Å². The Bertz CT molecular complexity index is 698. The van der Waals surface area contributed by atoms with Gasteiger partial charge in [-0.15, -0.1) is 11.3 Å². The zero-order valence-electron chi connectivity index (χ0n) is 10.5. The van der Waals surface area contributed by atoms with Crippen molar-refractivity contribution in [3.05, 3.63) is 47.4 Å². The standard InChI is InChI=1S/C15H12N2O2S/c16-9-11(15(17)19)4-5-13-6-7-14(20-13)10-2-1-3-12(18)8-10/h1-8,11,18H,(H2,17,19)/b5-4-. The third-order valence-corrected chi connectivity index (χ3v) is 3.76. The van der Waals surface area contributed by atoms with E-state index in [-0.39, 0.29) is 5.75 Å². The molecule has 0 aliphatic heterocycles. The monoisotopic (exact) mass is 284 g/mol. The zero-order chi connectivity index (χ0) is 14.5. The Kier molecular flexibility index (Phi) is 4.18. The number of benzene rings is 1. The molecule has 5 heteroatoms. The topological polar surface area (TPSA) is 87.1 Å². The normalized spacial score (nSPS) is 12.2. The van der Waals surface area contributed by atoms with Crippen molar-refractivity contribution in [3.8, 4) is 22.3 Å². The lowest BCUT2D eigenvalue weighted by atomic mass is 10.1. The van der Waals surface area contributed by atoms with Crippen LogP contribution in [0.4, 0.5) is 0 Å². The molecule has 0 saturated carbocycles. The molecular weight excluding hydrogens is 272 g/mol. The van der Waals surface area contributed by atoms with E-state index in [2.05, 4.69) is 0 Å². The predicted octanol–water partition coefficient (Wildman–Crippen LogP) is 2.76. The molecule has 20 heavy (non-hydrogen) atoms. The van der Waals surface area contributed by atoms with E-state index in [1.807, 2.05) is 24.3 Å². The zero-order valence-corrected chi connectivity index (χ0v) is 11.3. The first kappa shape index (κ1) is 13.8. The first-order chi connectivity index (χ1) is 9.60. The van der Waals surface area contributed by atoms with Crippen LogP contribution in [0.1, 0.15) is 4.88 Å². The minimum atomic E-state index is -0.915. The largest absolute Gasteiger partial charge is 0.508 e. The first-order valence-electron chi connectivity index (χ1n) is 5.86. The van der Waals surface area contributed by atoms with E-state index in [0.717, 1.165) is 15.3 Å². The average molecular weight is 284 g/mol. The van der Waals surface area contributed by atoms with E-state index in [1.54, 1.807) is 24.3 Å². The van der Waals surface area contributed by atoms with E-state index in [1.165, 1.54) is 17.4 Å². The first-order valence-corrected chi connectivity index (χ1v) is 6.68. The number of nitrogens with zero attached hydrogens (tertiary/aromatic N) is 1. The molecule has 2 aromatic rings. The van der Waals surface area contributed by atoms with E-state index in [9.17, 15) is 9.90 Å². The summed E-state index contributed by atoms with van der Waals surface area (Å²) in [6, 6.07) is 12.6. The summed E-state index contributed by atoms with van der Waals surface area (Å²) in [5.74, 6) is -1.36. The molecule has 1 atom stereocenters. The van der Waals surface area contributed by atoms with Gasteiger partial charge in [0.1, 0.15) is 11.7 Å². The minimum absolute atomic E-state index is 0.214. The van der Waals surface area contributed by atoms with Crippen LogP contribution >= 0.6 is 11.3 Å². The number of hydrogen-bond acceptors (Lipinski definition) is 4. The van der Waals surface area contributed by atoms with Crippen LogP contribution in [-0.4, -0.2) is 11.0 Å². The van der Waals surface area contributed by atoms with Crippen molar-refractivity contribution in [2.24, 2.45) is 11.7 Å². The number of thiophene rings is 1. The van der Waals surface area contributed by atoms with E-state index >= 15 is 0 Å². The van der Waals surface area contributed by atoms with E-state index in [0.29, 0.717) is 0 Å². The number of hydrogen-bond donors (Lipinski definition) is 2. The van der Waals surface area contributed by atoms with Gasteiger partial charge in [-0.25, -0.2) is 0 Å². The smallest absolute Gasteiger partial charge is 0.238 e. The van der Waals surface area contributed by atoms with Gasteiger partial charge in [-0.05, 0) is 35.9 Å². The van der Waals surface area contributed by atoms with Crippen molar-refractivity contribution in [1.82, 2.24) is 0 Å². The molecule has 0 saturated heterocycles. The van der Waals surface area contributed by atoms with Crippen molar-refractivity contribution in [2.45, 2.75) is 0 Å². The fraction of sp³-hybridized carbons (Fsp3) is 0.0667. The van der Waals surface area contributed by atoms with Crippen molar-refractivity contribution < 1.29 is 9.90 Å². The minimum Gasteiger partial charge on any atom is -0.508 e. The van der Waals surface area contributed by atoms with Gasteiger partial charge >= 0.3 is 0 Å². The van der Waals surface area contributed by atoms with Crippen molar-refractivity contribution in [3.63, 3.8) is 0 Å². The number of rotatable bonds is 4. The maximum Gasteiger partial charge on any atom is 0.238 e. The molecule has 1 aromatic carbocycles. The summed E-state index contributed by atoms with van der Waals surface area (Å²) in [6.07, 6.45) is 3.19. The molecule has 0 radical (unpaired) electrons. The molecule has 1 unspecified atom stereocenters. The Balaban J connectivity index is 2.20. The van der Waals surface area contributed by atoms with Crippen LogP contribution in [0.15, 0.2) is 42.5 Å². The predicted molar refractivity (Wildman–Crippen MR) is 78.8 cm³/mol. The molecule has 0 spiro atoms. The molecule has 1 amide bonds. The maximum absolute atomic E-state index is 10.9. The number of nitriles is 1. The van der Waals surface area contributed by atoms with Crippen LogP contribution in [-0.2, 0) is 4.79 Å². The van der Waals surface area contributed by atoms with Crippen LogP contribution in [0.2, 0.25) is 0 Å². The molecule has 0 fully saturated rings. The molecular formula is C15H12N2O2S. The number of carbonyl (C=O) groups is 1. The summed E-state index contributed by atoms with van der Waals surface area (Å²) < 4.78 is 0. The highest BCUT2D eigenvalue weighted by atomic mass is 32.1. The summed E-state index contributed by atoms with van der Waals surface area (Å²) >= 11 is 1.50. The third kappa shape index (κ3) is 3.25. The second kappa shape index (κ2) is 6.04. The van der Waals surface area contributed by atoms with Crippen LogP contribution in [0.25, 0.3) is 16.5 Å². The van der Waals surface area contributed by atoms with Gasteiger partial charge in [0.2, 0.25) is 5.91 Å². The summed E-state index contributed by atoms with van der Waals surface area (Å²) in [4.78, 5) is 12.8. The second-order valence-corrected chi connectivity index (χ2v) is 5.24. The molecule has 3 N–H and O–H groups in total. The van der Waals surface area contributed by atoms with Gasteiger partial charge < -0.3 is 10.8 Å². The number of phenolic OH excluding ortho intramolecular Hbond substituents is 1. The van der Waals surface area contributed by atoms with Gasteiger partial charge in [0, 0.05) is 9.75 Å². The van der Waals surface area contributed by atoms with Crippen LogP contribution < -0.4 is 5.73 Å². The SMILES string of the molecule is N#CC(/C=C\c1ccc(-c2cccc(O)c2)s1)C(N)=O. The van der Waals surface area contributed by atoms with Crippen LogP contribution in [0.5, 0.6) is 5.75 Å². The lowest BCUT2D eigenvalue weighted by molar-refractivity contribution is -0.119. The van der Waals surface area contributed by atoms with Crippen molar-refractivity contribution in [2.75, 3.05) is 0 Å². The van der Waals surface area contributed by atoms with Crippen LogP contribution in [0.3, 0.4) is 0 Å². The molecule has 4 nitrogen and oxygen atoms in total. The summed E-state index contributed by atoms with van der Waals surface area (Å²) in [7, 11) is 0. The Morgan fingerprint density at radius 1 is 1.40 bits per heavy atom. The van der Waals surface area contributed by atoms with Crippen LogP contribution in [0, 0.1) is 17.2 Å². The fourth-order valence-corrected chi connectivity index (χ4v) is 2.57. The molecule has 0 bridgehead atoms. The molecule has 2 rings (SSSR count). The Labute approximate surface area is 120 Å². The summed E-state index contributed by atoms with van der Waals surface area (Å²) in [6.45, 7) is 0.